The van der Waals surface area contributed by atoms with Crippen LogP contribution in [0.5, 0.6) is 5.88 Å². The quantitative estimate of drug-likeness (QED) is 0.879. The van der Waals surface area contributed by atoms with Crippen molar-refractivity contribution in [2.75, 3.05) is 5.32 Å². The molecule has 5 heteroatoms. The minimum absolute atomic E-state index is 0.117. The van der Waals surface area contributed by atoms with Crippen LogP contribution in [0.2, 0.25) is 0 Å². The van der Waals surface area contributed by atoms with Gasteiger partial charge in [-0.1, -0.05) is 0 Å². The van der Waals surface area contributed by atoms with Gasteiger partial charge in [0.15, 0.2) is 0 Å². The van der Waals surface area contributed by atoms with Crippen LogP contribution in [0.25, 0.3) is 0 Å². The maximum atomic E-state index is 5.55. The van der Waals surface area contributed by atoms with Crippen molar-refractivity contribution >= 4 is 17.3 Å². The van der Waals surface area contributed by atoms with Gasteiger partial charge in [-0.25, -0.2) is 4.98 Å². The van der Waals surface area contributed by atoms with Crippen LogP contribution in [0.3, 0.4) is 0 Å². The molecule has 1 N–H and O–H groups in total. The van der Waals surface area contributed by atoms with E-state index in [0.29, 0.717) is 11.8 Å². The fourth-order valence-corrected chi connectivity index (χ4v) is 2.43. The molecule has 0 aliphatic rings. The number of rotatable bonds is 6. The molecule has 0 saturated carbocycles. The summed E-state index contributed by atoms with van der Waals surface area (Å²) in [6, 6.07) is 4.19. The summed E-state index contributed by atoms with van der Waals surface area (Å²) in [6.07, 6.45) is 2.79. The lowest BCUT2D eigenvalue weighted by atomic mass is 10.1. The van der Waals surface area contributed by atoms with Crippen LogP contribution >= 0.6 is 11.3 Å². The van der Waals surface area contributed by atoms with E-state index in [2.05, 4.69) is 39.0 Å². The van der Waals surface area contributed by atoms with Crippen molar-refractivity contribution in [3.63, 3.8) is 0 Å². The second kappa shape index (κ2) is 6.52. The summed E-state index contributed by atoms with van der Waals surface area (Å²) in [4.78, 5) is 8.56. The zero-order chi connectivity index (χ0) is 13.7. The summed E-state index contributed by atoms with van der Waals surface area (Å²) in [5.74, 6) is 1.22. The molecule has 0 fully saturated rings. The molecular formula is C14H19N3OS. The number of aromatic nitrogens is 2. The summed E-state index contributed by atoms with van der Waals surface area (Å²) in [6.45, 7) is 6.08. The third-order valence-electron chi connectivity index (χ3n) is 2.48. The average molecular weight is 277 g/mol. The zero-order valence-corrected chi connectivity index (χ0v) is 12.3. The molecule has 2 rings (SSSR count). The fourth-order valence-electron chi connectivity index (χ4n) is 1.75. The molecule has 2 aromatic heterocycles. The van der Waals surface area contributed by atoms with Gasteiger partial charge in [-0.05, 0) is 49.6 Å². The number of nitrogens with zero attached hydrogens (tertiary/aromatic N) is 2. The van der Waals surface area contributed by atoms with E-state index < -0.39 is 0 Å². The van der Waals surface area contributed by atoms with E-state index in [1.54, 1.807) is 23.6 Å². The lowest BCUT2D eigenvalue weighted by Gasteiger charge is -2.14. The van der Waals surface area contributed by atoms with Crippen molar-refractivity contribution < 1.29 is 4.74 Å². The maximum Gasteiger partial charge on any atom is 0.226 e. The van der Waals surface area contributed by atoms with Crippen molar-refractivity contribution in [3.05, 3.63) is 34.7 Å². The molecule has 0 aromatic carbocycles. The third kappa shape index (κ3) is 4.52. The van der Waals surface area contributed by atoms with E-state index in [4.69, 9.17) is 4.74 Å². The van der Waals surface area contributed by atoms with Gasteiger partial charge in [-0.15, -0.1) is 0 Å². The van der Waals surface area contributed by atoms with Gasteiger partial charge in [-0.2, -0.15) is 16.3 Å². The third-order valence-corrected chi connectivity index (χ3v) is 3.22. The molecule has 2 aromatic rings. The number of thiophene rings is 1. The Hall–Kier alpha value is -1.62. The fraction of sp³-hybridized carbons (Fsp3) is 0.429. The molecule has 1 unspecified atom stereocenters. The van der Waals surface area contributed by atoms with Crippen molar-refractivity contribution in [2.24, 2.45) is 0 Å². The van der Waals surface area contributed by atoms with Crippen molar-refractivity contribution in [1.29, 1.82) is 0 Å². The topological polar surface area (TPSA) is 47.0 Å². The first-order valence-corrected chi connectivity index (χ1v) is 7.35. The van der Waals surface area contributed by atoms with Crippen molar-refractivity contribution in [1.82, 2.24) is 9.97 Å². The van der Waals surface area contributed by atoms with Gasteiger partial charge in [0.2, 0.25) is 11.8 Å². The monoisotopic (exact) mass is 277 g/mol. The second-order valence-electron chi connectivity index (χ2n) is 4.77. The Morgan fingerprint density at radius 2 is 2.16 bits per heavy atom. The SMILES string of the molecule is CC(Cc1ccsc1)Nc1nccc(OC(C)C)n1. The zero-order valence-electron chi connectivity index (χ0n) is 11.5. The predicted octanol–water partition coefficient (Wildman–Crippen LogP) is 3.37. The number of nitrogens with one attached hydrogen (secondary N) is 1. The molecule has 0 radical (unpaired) electrons. The highest BCUT2D eigenvalue weighted by Crippen LogP contribution is 2.13. The highest BCUT2D eigenvalue weighted by Gasteiger charge is 2.07. The first kappa shape index (κ1) is 13.8. The summed E-state index contributed by atoms with van der Waals surface area (Å²) >= 11 is 1.72. The highest BCUT2D eigenvalue weighted by atomic mass is 32.1. The molecule has 0 aliphatic carbocycles. The van der Waals surface area contributed by atoms with Crippen LogP contribution in [0.4, 0.5) is 5.95 Å². The molecule has 0 saturated heterocycles. The lowest BCUT2D eigenvalue weighted by Crippen LogP contribution is -2.19. The molecular weight excluding hydrogens is 258 g/mol. The number of ether oxygens (including phenoxy) is 1. The predicted molar refractivity (Wildman–Crippen MR) is 78.9 cm³/mol. The minimum atomic E-state index is 0.117. The molecule has 19 heavy (non-hydrogen) atoms. The molecule has 4 nitrogen and oxygen atoms in total. The van der Waals surface area contributed by atoms with Crippen LogP contribution < -0.4 is 10.1 Å². The maximum absolute atomic E-state index is 5.55. The van der Waals surface area contributed by atoms with E-state index >= 15 is 0 Å². The van der Waals surface area contributed by atoms with Crippen LogP contribution in [0.1, 0.15) is 26.3 Å². The Morgan fingerprint density at radius 3 is 2.84 bits per heavy atom. The standard InChI is InChI=1S/C14H19N3OS/c1-10(2)18-13-4-6-15-14(17-13)16-11(3)8-12-5-7-19-9-12/h4-7,9-11H,8H2,1-3H3,(H,15,16,17). The average Bonchev–Trinajstić information content (AvgIpc) is 2.81. The van der Waals surface area contributed by atoms with E-state index in [1.807, 2.05) is 13.8 Å². The molecule has 102 valence electrons. The van der Waals surface area contributed by atoms with E-state index in [-0.39, 0.29) is 12.1 Å². The van der Waals surface area contributed by atoms with E-state index in [1.165, 1.54) is 5.56 Å². The van der Waals surface area contributed by atoms with Crippen LogP contribution in [-0.4, -0.2) is 22.1 Å². The smallest absolute Gasteiger partial charge is 0.226 e. The molecule has 0 aliphatic heterocycles. The van der Waals surface area contributed by atoms with Gasteiger partial charge in [0.1, 0.15) is 0 Å². The molecule has 0 bridgehead atoms. The second-order valence-corrected chi connectivity index (χ2v) is 5.55. The summed E-state index contributed by atoms with van der Waals surface area (Å²) in [5, 5.41) is 7.55. The summed E-state index contributed by atoms with van der Waals surface area (Å²) in [7, 11) is 0. The van der Waals surface area contributed by atoms with Crippen LogP contribution in [-0.2, 0) is 6.42 Å². The molecule has 2 heterocycles. The summed E-state index contributed by atoms with van der Waals surface area (Å²) in [5.41, 5.74) is 1.33. The Balaban J connectivity index is 1.94. The molecule has 1 atom stereocenters. The molecule has 0 spiro atoms. The van der Waals surface area contributed by atoms with Gasteiger partial charge in [-0.3, -0.25) is 0 Å². The number of hydrogen-bond acceptors (Lipinski definition) is 5. The van der Waals surface area contributed by atoms with Gasteiger partial charge < -0.3 is 10.1 Å². The van der Waals surface area contributed by atoms with Crippen molar-refractivity contribution in [3.8, 4) is 5.88 Å². The van der Waals surface area contributed by atoms with Gasteiger partial charge in [0.25, 0.3) is 0 Å². The highest BCUT2D eigenvalue weighted by molar-refractivity contribution is 7.07. The van der Waals surface area contributed by atoms with E-state index in [9.17, 15) is 0 Å². The minimum Gasteiger partial charge on any atom is -0.475 e. The van der Waals surface area contributed by atoms with Gasteiger partial charge in [0.05, 0.1) is 6.10 Å². The Morgan fingerprint density at radius 1 is 1.32 bits per heavy atom. The van der Waals surface area contributed by atoms with Gasteiger partial charge in [0, 0.05) is 18.3 Å². The Labute approximate surface area is 117 Å². The molecule has 0 amide bonds. The Kier molecular flexibility index (Phi) is 4.74. The first-order chi connectivity index (χ1) is 9.13. The van der Waals surface area contributed by atoms with Crippen LogP contribution in [0, 0.1) is 0 Å². The normalized spacial score (nSPS) is 12.4. The first-order valence-electron chi connectivity index (χ1n) is 6.41. The number of hydrogen-bond donors (Lipinski definition) is 1. The largest absolute Gasteiger partial charge is 0.475 e. The van der Waals surface area contributed by atoms with Gasteiger partial charge >= 0.3 is 0 Å². The lowest BCUT2D eigenvalue weighted by molar-refractivity contribution is 0.232. The van der Waals surface area contributed by atoms with Crippen molar-refractivity contribution in [2.45, 2.75) is 39.3 Å². The Bertz CT molecular complexity index is 499. The number of anilines is 1. The van der Waals surface area contributed by atoms with E-state index in [0.717, 1.165) is 6.42 Å². The summed E-state index contributed by atoms with van der Waals surface area (Å²) < 4.78 is 5.55. The van der Waals surface area contributed by atoms with Crippen LogP contribution in [0.15, 0.2) is 29.1 Å².